The summed E-state index contributed by atoms with van der Waals surface area (Å²) >= 11 is 1.40. The van der Waals surface area contributed by atoms with Crippen LogP contribution in [0.15, 0.2) is 53.6 Å². The van der Waals surface area contributed by atoms with Gasteiger partial charge in [0.1, 0.15) is 5.82 Å². The van der Waals surface area contributed by atoms with Gasteiger partial charge in [-0.1, -0.05) is 6.07 Å². The van der Waals surface area contributed by atoms with E-state index in [1.807, 2.05) is 23.1 Å². The van der Waals surface area contributed by atoms with Crippen molar-refractivity contribution in [3.8, 4) is 0 Å². The number of aromatic nitrogens is 1. The normalized spacial score (nSPS) is 14.4. The minimum atomic E-state index is -0.430. The van der Waals surface area contributed by atoms with Crippen LogP contribution in [-0.2, 0) is 4.79 Å². The van der Waals surface area contributed by atoms with Crippen LogP contribution in [0.5, 0.6) is 0 Å². The number of anilines is 1. The second-order valence-corrected chi connectivity index (χ2v) is 6.64. The largest absolute Gasteiger partial charge is 0.353 e. The summed E-state index contributed by atoms with van der Waals surface area (Å²) < 4.78 is 0. The number of thioether (sulfide) groups is 1. The number of nitro benzene ring substituents is 1. The highest BCUT2D eigenvalue weighted by Gasteiger charge is 2.21. The van der Waals surface area contributed by atoms with Gasteiger partial charge in [-0.05, 0) is 24.3 Å². The van der Waals surface area contributed by atoms with Crippen molar-refractivity contribution >= 4 is 29.2 Å². The Kier molecular flexibility index (Phi) is 5.49. The third kappa shape index (κ3) is 4.48. The predicted octanol–water partition coefficient (Wildman–Crippen LogP) is 2.43. The lowest BCUT2D eigenvalue weighted by atomic mass is 10.3. The Hall–Kier alpha value is -2.61. The maximum absolute atomic E-state index is 12.4. The molecule has 0 bridgehead atoms. The predicted molar refractivity (Wildman–Crippen MR) is 96.9 cm³/mol. The van der Waals surface area contributed by atoms with Crippen molar-refractivity contribution in [3.63, 3.8) is 0 Å². The zero-order chi connectivity index (χ0) is 17.6. The summed E-state index contributed by atoms with van der Waals surface area (Å²) in [6.45, 7) is 2.89. The summed E-state index contributed by atoms with van der Waals surface area (Å²) in [5.74, 6) is 1.36. The van der Waals surface area contributed by atoms with Gasteiger partial charge in [0.25, 0.3) is 5.69 Å². The maximum atomic E-state index is 12.4. The molecule has 0 radical (unpaired) electrons. The summed E-state index contributed by atoms with van der Waals surface area (Å²) in [6.07, 6.45) is 1.77. The van der Waals surface area contributed by atoms with Crippen LogP contribution in [0.25, 0.3) is 0 Å². The first kappa shape index (κ1) is 17.2. The average molecular weight is 358 g/mol. The molecule has 2 heterocycles. The molecule has 1 aromatic carbocycles. The van der Waals surface area contributed by atoms with Crippen molar-refractivity contribution in [3.05, 3.63) is 58.8 Å². The van der Waals surface area contributed by atoms with E-state index in [-0.39, 0.29) is 11.6 Å². The molecule has 130 valence electrons. The smallest absolute Gasteiger partial charge is 0.269 e. The third-order valence-electron chi connectivity index (χ3n) is 4.02. The minimum absolute atomic E-state index is 0.0568. The zero-order valence-corrected chi connectivity index (χ0v) is 14.4. The summed E-state index contributed by atoms with van der Waals surface area (Å²) in [5.41, 5.74) is 0.0568. The van der Waals surface area contributed by atoms with Crippen LogP contribution < -0.4 is 4.90 Å². The zero-order valence-electron chi connectivity index (χ0n) is 13.6. The number of rotatable bonds is 5. The van der Waals surface area contributed by atoms with Crippen LogP contribution >= 0.6 is 11.8 Å². The molecule has 2 aromatic rings. The topological polar surface area (TPSA) is 79.6 Å². The number of carbonyl (C=O) groups is 1. The Labute approximate surface area is 149 Å². The number of benzene rings is 1. The van der Waals surface area contributed by atoms with Crippen molar-refractivity contribution in [2.24, 2.45) is 0 Å². The summed E-state index contributed by atoms with van der Waals surface area (Å²) in [4.78, 5) is 31.8. The lowest BCUT2D eigenvalue weighted by Crippen LogP contribution is -2.49. The lowest BCUT2D eigenvalue weighted by molar-refractivity contribution is -0.384. The Morgan fingerprint density at radius 1 is 1.12 bits per heavy atom. The van der Waals surface area contributed by atoms with Crippen LogP contribution in [0.2, 0.25) is 0 Å². The van der Waals surface area contributed by atoms with Crippen molar-refractivity contribution in [2.75, 3.05) is 36.8 Å². The highest BCUT2D eigenvalue weighted by Crippen LogP contribution is 2.22. The summed E-state index contributed by atoms with van der Waals surface area (Å²) in [7, 11) is 0. The number of hydrogen-bond donors (Lipinski definition) is 0. The van der Waals surface area contributed by atoms with Crippen LogP contribution in [0.1, 0.15) is 0 Å². The molecule has 3 rings (SSSR count). The SMILES string of the molecule is O=C(CSc1ccc([N+](=O)[O-])cc1)N1CCN(c2ccccn2)CC1. The molecule has 0 N–H and O–H groups in total. The van der Waals surface area contributed by atoms with Crippen LogP contribution in [0.4, 0.5) is 11.5 Å². The molecule has 8 heteroatoms. The fourth-order valence-electron chi connectivity index (χ4n) is 2.63. The van der Waals surface area contributed by atoms with Gasteiger partial charge in [0.2, 0.25) is 5.91 Å². The van der Waals surface area contributed by atoms with E-state index in [9.17, 15) is 14.9 Å². The van der Waals surface area contributed by atoms with Gasteiger partial charge < -0.3 is 9.80 Å². The van der Waals surface area contributed by atoms with E-state index in [1.54, 1.807) is 18.3 Å². The molecule has 0 unspecified atom stereocenters. The molecule has 0 aliphatic carbocycles. The number of carbonyl (C=O) groups excluding carboxylic acids is 1. The lowest BCUT2D eigenvalue weighted by Gasteiger charge is -2.35. The fraction of sp³-hybridized carbons (Fsp3) is 0.294. The van der Waals surface area contributed by atoms with Crippen molar-refractivity contribution in [1.29, 1.82) is 0 Å². The van der Waals surface area contributed by atoms with E-state index in [4.69, 9.17) is 0 Å². The second-order valence-electron chi connectivity index (χ2n) is 5.60. The number of piperazine rings is 1. The number of non-ortho nitro benzene ring substituents is 1. The van der Waals surface area contributed by atoms with Gasteiger partial charge in [-0.25, -0.2) is 4.98 Å². The van der Waals surface area contributed by atoms with Crippen molar-refractivity contribution < 1.29 is 9.72 Å². The number of pyridine rings is 1. The van der Waals surface area contributed by atoms with Crippen LogP contribution in [-0.4, -0.2) is 52.6 Å². The molecule has 1 aliphatic heterocycles. The standard InChI is InChI=1S/C17H18N4O3S/c22-17(13-25-15-6-4-14(5-7-15)21(23)24)20-11-9-19(10-12-20)16-3-1-2-8-18-16/h1-8H,9-13H2. The number of nitrogens with zero attached hydrogens (tertiary/aromatic N) is 4. The van der Waals surface area contributed by atoms with E-state index in [1.165, 1.54) is 23.9 Å². The molecule has 0 saturated carbocycles. The van der Waals surface area contributed by atoms with Crippen molar-refractivity contribution in [2.45, 2.75) is 4.90 Å². The highest BCUT2D eigenvalue weighted by atomic mass is 32.2. The van der Waals surface area contributed by atoms with Crippen LogP contribution in [0, 0.1) is 10.1 Å². The highest BCUT2D eigenvalue weighted by molar-refractivity contribution is 8.00. The molecule has 0 spiro atoms. The van der Waals surface area contributed by atoms with Gasteiger partial charge in [0, 0.05) is 49.4 Å². The maximum Gasteiger partial charge on any atom is 0.269 e. The molecular formula is C17H18N4O3S. The Balaban J connectivity index is 1.47. The Morgan fingerprint density at radius 3 is 2.44 bits per heavy atom. The quantitative estimate of drug-likeness (QED) is 0.464. The first-order valence-corrected chi connectivity index (χ1v) is 8.93. The number of nitro groups is 1. The molecule has 0 atom stereocenters. The molecule has 1 aliphatic rings. The Morgan fingerprint density at radius 2 is 1.84 bits per heavy atom. The van der Waals surface area contributed by atoms with Gasteiger partial charge in [-0.2, -0.15) is 0 Å². The Bertz CT molecular complexity index is 731. The summed E-state index contributed by atoms with van der Waals surface area (Å²) in [5, 5.41) is 10.6. The first-order chi connectivity index (χ1) is 12.1. The number of hydrogen-bond acceptors (Lipinski definition) is 6. The fourth-order valence-corrected chi connectivity index (χ4v) is 3.43. The van der Waals surface area contributed by atoms with E-state index < -0.39 is 4.92 Å². The van der Waals surface area contributed by atoms with Gasteiger partial charge in [0.05, 0.1) is 10.7 Å². The summed E-state index contributed by atoms with van der Waals surface area (Å²) in [6, 6.07) is 12.1. The monoisotopic (exact) mass is 358 g/mol. The van der Waals surface area contributed by atoms with E-state index in [2.05, 4.69) is 9.88 Å². The van der Waals surface area contributed by atoms with E-state index in [0.29, 0.717) is 18.8 Å². The van der Waals surface area contributed by atoms with E-state index >= 15 is 0 Å². The molecule has 1 fully saturated rings. The van der Waals surface area contributed by atoms with Gasteiger partial charge in [-0.15, -0.1) is 11.8 Å². The van der Waals surface area contributed by atoms with Crippen LogP contribution in [0.3, 0.4) is 0 Å². The third-order valence-corrected chi connectivity index (χ3v) is 5.01. The second kappa shape index (κ2) is 7.98. The van der Waals surface area contributed by atoms with Gasteiger partial charge in [-0.3, -0.25) is 14.9 Å². The number of amides is 1. The molecule has 1 amide bonds. The van der Waals surface area contributed by atoms with Gasteiger partial charge >= 0.3 is 0 Å². The molecule has 1 saturated heterocycles. The molecule has 25 heavy (non-hydrogen) atoms. The molecule has 7 nitrogen and oxygen atoms in total. The first-order valence-electron chi connectivity index (χ1n) is 7.94. The minimum Gasteiger partial charge on any atom is -0.353 e. The molecular weight excluding hydrogens is 340 g/mol. The van der Waals surface area contributed by atoms with Crippen molar-refractivity contribution in [1.82, 2.24) is 9.88 Å². The van der Waals surface area contributed by atoms with Gasteiger partial charge in [0.15, 0.2) is 0 Å². The molecule has 1 aromatic heterocycles. The van der Waals surface area contributed by atoms with E-state index in [0.717, 1.165) is 23.8 Å². The average Bonchev–Trinajstić information content (AvgIpc) is 2.67.